The summed E-state index contributed by atoms with van der Waals surface area (Å²) in [5.41, 5.74) is 8.13. The highest BCUT2D eigenvalue weighted by Crippen LogP contribution is 2.40. The van der Waals surface area contributed by atoms with Gasteiger partial charge in [-0.05, 0) is 140 Å². The number of halogens is 1. The number of hydrogen-bond donors (Lipinski definition) is 0. The van der Waals surface area contributed by atoms with Crippen LogP contribution in [0.4, 0.5) is 21.5 Å². The quantitative estimate of drug-likeness (QED) is 0.194. The van der Waals surface area contributed by atoms with E-state index >= 15 is 0 Å². The van der Waals surface area contributed by atoms with Crippen molar-refractivity contribution < 1.29 is 4.39 Å². The molecule has 8 aromatic carbocycles. The summed E-state index contributed by atoms with van der Waals surface area (Å²) in [4.78, 5) is 2.20. The fourth-order valence-corrected chi connectivity index (χ4v) is 6.33. The van der Waals surface area contributed by atoms with Gasteiger partial charge in [-0.1, -0.05) is 66.7 Å². The van der Waals surface area contributed by atoms with E-state index in [0.29, 0.717) is 5.56 Å². The number of para-hydroxylation sites is 1. The monoisotopic (exact) mass is 564 g/mol. The van der Waals surface area contributed by atoms with Crippen LogP contribution in [0.5, 0.6) is 0 Å². The molecule has 0 unspecified atom stereocenters. The van der Waals surface area contributed by atoms with E-state index in [2.05, 4.69) is 95.9 Å². The van der Waals surface area contributed by atoms with Crippen LogP contribution in [0.1, 0.15) is 5.56 Å². The van der Waals surface area contributed by atoms with Crippen molar-refractivity contribution in [1.82, 2.24) is 0 Å². The average molecular weight is 565 g/mol. The Morgan fingerprint density at radius 1 is 0.432 bits per heavy atom. The van der Waals surface area contributed by atoms with Crippen molar-refractivity contribution in [3.63, 3.8) is 0 Å². The molecule has 3 heteroatoms. The van der Waals surface area contributed by atoms with Crippen molar-refractivity contribution in [2.45, 2.75) is 0 Å². The van der Waals surface area contributed by atoms with Gasteiger partial charge in [0.2, 0.25) is 0 Å². The van der Waals surface area contributed by atoms with Crippen molar-refractivity contribution in [1.29, 1.82) is 5.26 Å². The molecule has 0 heterocycles. The van der Waals surface area contributed by atoms with Gasteiger partial charge in [0.25, 0.3) is 0 Å². The first-order valence-corrected chi connectivity index (χ1v) is 14.6. The van der Waals surface area contributed by atoms with E-state index in [1.165, 1.54) is 50.0 Å². The van der Waals surface area contributed by atoms with Crippen molar-refractivity contribution in [3.05, 3.63) is 163 Å². The normalized spacial score (nSPS) is 11.3. The lowest BCUT2D eigenvalue weighted by Gasteiger charge is -2.25. The van der Waals surface area contributed by atoms with Gasteiger partial charge < -0.3 is 4.90 Å². The highest BCUT2D eigenvalue weighted by molar-refractivity contribution is 6.24. The van der Waals surface area contributed by atoms with Crippen LogP contribution < -0.4 is 4.90 Å². The molecule has 0 bridgehead atoms. The molecule has 0 radical (unpaired) electrons. The molecule has 0 aromatic heterocycles. The summed E-state index contributed by atoms with van der Waals surface area (Å²) >= 11 is 0. The van der Waals surface area contributed by atoms with Crippen LogP contribution in [-0.2, 0) is 0 Å². The Balaban J connectivity index is 1.19. The average Bonchev–Trinajstić information content (AvgIpc) is 3.08. The molecule has 0 saturated carbocycles. The van der Waals surface area contributed by atoms with E-state index in [1.807, 2.05) is 54.6 Å². The maximum absolute atomic E-state index is 13.5. The lowest BCUT2D eigenvalue weighted by atomic mass is 9.89. The Kier molecular flexibility index (Phi) is 6.07. The maximum atomic E-state index is 13.5. The Morgan fingerprint density at radius 3 is 1.30 bits per heavy atom. The Labute approximate surface area is 254 Å². The first-order valence-electron chi connectivity index (χ1n) is 14.6. The number of nitriles is 1. The number of benzene rings is 8. The zero-order chi connectivity index (χ0) is 29.6. The number of nitrogens with zero attached hydrogens (tertiary/aromatic N) is 2. The van der Waals surface area contributed by atoms with Crippen LogP contribution in [0.15, 0.2) is 152 Å². The number of anilines is 3. The Morgan fingerprint density at radius 2 is 0.841 bits per heavy atom. The van der Waals surface area contributed by atoms with E-state index in [4.69, 9.17) is 0 Å². The van der Waals surface area contributed by atoms with Crippen LogP contribution in [0.25, 0.3) is 54.6 Å². The van der Waals surface area contributed by atoms with Gasteiger partial charge in [-0.3, -0.25) is 0 Å². The van der Waals surface area contributed by atoms with Gasteiger partial charge in [0.05, 0.1) is 11.6 Å². The molecule has 0 amide bonds. The SMILES string of the molecule is N#Cc1ccc(N(c2ccccc2)c2ccc(-c3cc4ccc5cc(-c6ccc(F)cc6)cc6ccc(c3)c4c56)cc2)cc1. The fraction of sp³-hybridized carbons (Fsp3) is 0. The second-order valence-corrected chi connectivity index (χ2v) is 11.1. The minimum absolute atomic E-state index is 0.225. The maximum Gasteiger partial charge on any atom is 0.123 e. The first-order chi connectivity index (χ1) is 21.6. The molecular formula is C41H25FN2. The van der Waals surface area contributed by atoms with Gasteiger partial charge in [0, 0.05) is 17.1 Å². The summed E-state index contributed by atoms with van der Waals surface area (Å²) < 4.78 is 13.5. The largest absolute Gasteiger partial charge is 0.311 e. The van der Waals surface area contributed by atoms with Crippen LogP contribution in [-0.4, -0.2) is 0 Å². The Hall–Kier alpha value is -5.98. The minimum Gasteiger partial charge on any atom is -0.311 e. The summed E-state index contributed by atoms with van der Waals surface area (Å²) in [5, 5.41) is 16.6. The van der Waals surface area contributed by atoms with Gasteiger partial charge >= 0.3 is 0 Å². The van der Waals surface area contributed by atoms with Crippen LogP contribution in [0.3, 0.4) is 0 Å². The molecule has 2 nitrogen and oxygen atoms in total. The lowest BCUT2D eigenvalue weighted by Crippen LogP contribution is -2.09. The minimum atomic E-state index is -0.225. The van der Waals surface area contributed by atoms with Crippen molar-refractivity contribution in [2.75, 3.05) is 4.90 Å². The zero-order valence-electron chi connectivity index (χ0n) is 23.7. The van der Waals surface area contributed by atoms with Crippen molar-refractivity contribution in [2.24, 2.45) is 0 Å². The molecule has 0 spiro atoms. The topological polar surface area (TPSA) is 27.0 Å². The van der Waals surface area contributed by atoms with Gasteiger partial charge in [-0.25, -0.2) is 4.39 Å². The molecule has 0 atom stereocenters. The van der Waals surface area contributed by atoms with E-state index < -0.39 is 0 Å². The highest BCUT2D eigenvalue weighted by Gasteiger charge is 2.15. The second kappa shape index (κ2) is 10.4. The third-order valence-electron chi connectivity index (χ3n) is 8.44. The number of rotatable bonds is 5. The standard InChI is InChI=1S/C41H25FN2/c42-36-16-12-28(13-17-36)34-22-30-8-10-32-24-35(25-33-11-9-31(23-34)40(30)41(32)33)29-14-20-39(21-15-29)44(37-4-2-1-3-5-37)38-18-6-27(26-43)7-19-38/h1-25H. The molecule has 8 aromatic rings. The summed E-state index contributed by atoms with van der Waals surface area (Å²) in [6, 6.07) is 53.3. The Bertz CT molecular complexity index is 2250. The van der Waals surface area contributed by atoms with Crippen LogP contribution in [0, 0.1) is 17.1 Å². The molecule has 44 heavy (non-hydrogen) atoms. The van der Waals surface area contributed by atoms with E-state index in [9.17, 15) is 9.65 Å². The van der Waals surface area contributed by atoms with E-state index in [1.54, 1.807) is 0 Å². The van der Waals surface area contributed by atoms with Gasteiger partial charge in [0.1, 0.15) is 5.82 Å². The van der Waals surface area contributed by atoms with Crippen molar-refractivity contribution >= 4 is 49.4 Å². The predicted molar refractivity (Wildman–Crippen MR) is 180 cm³/mol. The van der Waals surface area contributed by atoms with Crippen LogP contribution >= 0.6 is 0 Å². The predicted octanol–water partition coefficient (Wildman–Crippen LogP) is 11.4. The third kappa shape index (κ3) is 4.42. The van der Waals surface area contributed by atoms with Gasteiger partial charge in [0.15, 0.2) is 0 Å². The van der Waals surface area contributed by atoms with Gasteiger partial charge in [-0.15, -0.1) is 0 Å². The summed E-state index contributed by atoms with van der Waals surface area (Å²) in [6.07, 6.45) is 0. The molecule has 0 fully saturated rings. The number of hydrogen-bond acceptors (Lipinski definition) is 2. The molecule has 0 N–H and O–H groups in total. The van der Waals surface area contributed by atoms with Crippen molar-refractivity contribution in [3.8, 4) is 28.3 Å². The molecule has 0 aliphatic heterocycles. The molecular weight excluding hydrogens is 539 g/mol. The first kappa shape index (κ1) is 25.7. The lowest BCUT2D eigenvalue weighted by molar-refractivity contribution is 0.628. The van der Waals surface area contributed by atoms with Gasteiger partial charge in [-0.2, -0.15) is 5.26 Å². The smallest absolute Gasteiger partial charge is 0.123 e. The summed E-state index contributed by atoms with van der Waals surface area (Å²) in [5.74, 6) is -0.225. The summed E-state index contributed by atoms with van der Waals surface area (Å²) in [6.45, 7) is 0. The molecule has 0 aliphatic carbocycles. The summed E-state index contributed by atoms with van der Waals surface area (Å²) in [7, 11) is 0. The fourth-order valence-electron chi connectivity index (χ4n) is 6.33. The molecule has 0 saturated heterocycles. The third-order valence-corrected chi connectivity index (χ3v) is 8.44. The molecule has 8 rings (SSSR count). The van der Waals surface area contributed by atoms with E-state index in [0.717, 1.165) is 33.8 Å². The van der Waals surface area contributed by atoms with E-state index in [-0.39, 0.29) is 5.82 Å². The second-order valence-electron chi connectivity index (χ2n) is 11.1. The molecule has 206 valence electrons. The molecule has 0 aliphatic rings. The highest BCUT2D eigenvalue weighted by atomic mass is 19.1. The van der Waals surface area contributed by atoms with Crippen LogP contribution in [0.2, 0.25) is 0 Å². The zero-order valence-corrected chi connectivity index (χ0v) is 23.7.